The van der Waals surface area contributed by atoms with E-state index in [1.165, 1.54) is 0 Å². The second-order valence-corrected chi connectivity index (χ2v) is 6.82. The summed E-state index contributed by atoms with van der Waals surface area (Å²) in [6.07, 6.45) is 1.80. The quantitative estimate of drug-likeness (QED) is 0.639. The summed E-state index contributed by atoms with van der Waals surface area (Å²) in [7, 11) is 2.01. The zero-order valence-electron chi connectivity index (χ0n) is 16.3. The lowest BCUT2D eigenvalue weighted by Crippen LogP contribution is -2.36. The highest BCUT2D eigenvalue weighted by molar-refractivity contribution is 6.09. The largest absolute Gasteiger partial charge is 0.435 e. The third-order valence-electron chi connectivity index (χ3n) is 5.16. The zero-order valence-corrected chi connectivity index (χ0v) is 16.3. The fourth-order valence-electron chi connectivity index (χ4n) is 3.70. The summed E-state index contributed by atoms with van der Waals surface area (Å²) in [6, 6.07) is 8.28. The number of benzene rings is 1. The molecule has 0 unspecified atom stereocenters. The molecule has 138 valence electrons. The van der Waals surface area contributed by atoms with Gasteiger partial charge in [0, 0.05) is 29.7 Å². The standard InChI is InChI=1S/C21H23N5O/c1-7-23-20-19(22-5)26(14(4)25(20)6)17-12(2)8-10-15-16-11-9-13(3)24-21(16)27-18(15)17/h7-11,14H,5H2,1-4,6H3/t14-/m0/s1. The molecule has 0 saturated heterocycles. The molecule has 0 radical (unpaired) electrons. The third-order valence-corrected chi connectivity index (χ3v) is 5.16. The van der Waals surface area contributed by atoms with Crippen LogP contribution in [0.1, 0.15) is 25.1 Å². The molecule has 0 spiro atoms. The molecule has 0 saturated carbocycles. The van der Waals surface area contributed by atoms with Crippen molar-refractivity contribution in [2.45, 2.75) is 33.9 Å². The first-order chi connectivity index (χ1) is 13.0. The van der Waals surface area contributed by atoms with Gasteiger partial charge in [0.25, 0.3) is 0 Å². The topological polar surface area (TPSA) is 57.2 Å². The summed E-state index contributed by atoms with van der Waals surface area (Å²) in [5.74, 6) is 1.52. The smallest absolute Gasteiger partial charge is 0.227 e. The maximum Gasteiger partial charge on any atom is 0.227 e. The van der Waals surface area contributed by atoms with Gasteiger partial charge in [-0.2, -0.15) is 0 Å². The van der Waals surface area contributed by atoms with Gasteiger partial charge < -0.3 is 9.32 Å². The van der Waals surface area contributed by atoms with Crippen molar-refractivity contribution in [1.29, 1.82) is 0 Å². The van der Waals surface area contributed by atoms with Crippen molar-refractivity contribution < 1.29 is 4.42 Å². The van der Waals surface area contributed by atoms with Crippen molar-refractivity contribution in [3.63, 3.8) is 0 Å². The number of rotatable bonds is 3. The Bertz CT molecular complexity index is 1120. The molecule has 6 heteroatoms. The summed E-state index contributed by atoms with van der Waals surface area (Å²) in [5.41, 5.74) is 4.47. The van der Waals surface area contributed by atoms with Gasteiger partial charge in [0.15, 0.2) is 17.2 Å². The van der Waals surface area contributed by atoms with Crippen LogP contribution in [0, 0.1) is 13.8 Å². The molecule has 6 nitrogen and oxygen atoms in total. The summed E-state index contributed by atoms with van der Waals surface area (Å²) in [4.78, 5) is 17.6. The Balaban J connectivity index is 2.04. The monoisotopic (exact) mass is 361 g/mol. The molecule has 1 aliphatic rings. The molecule has 1 aromatic carbocycles. The summed E-state index contributed by atoms with van der Waals surface area (Å²) < 4.78 is 6.23. The van der Waals surface area contributed by atoms with Crippen molar-refractivity contribution in [3.05, 3.63) is 47.2 Å². The van der Waals surface area contributed by atoms with E-state index in [1.807, 2.05) is 27.0 Å². The van der Waals surface area contributed by atoms with E-state index in [0.717, 1.165) is 44.9 Å². The number of aryl methyl sites for hydroxylation is 2. The molecular formula is C21H23N5O. The first-order valence-corrected chi connectivity index (χ1v) is 8.99. The van der Waals surface area contributed by atoms with Gasteiger partial charge in [-0.05, 0) is 52.1 Å². The van der Waals surface area contributed by atoms with Gasteiger partial charge in [-0.15, -0.1) is 0 Å². The first-order valence-electron chi connectivity index (χ1n) is 8.99. The van der Waals surface area contributed by atoms with E-state index in [1.54, 1.807) is 6.21 Å². The van der Waals surface area contributed by atoms with Gasteiger partial charge in [-0.3, -0.25) is 4.90 Å². The number of pyridine rings is 1. The molecule has 4 rings (SSSR count). The van der Waals surface area contributed by atoms with E-state index in [-0.39, 0.29) is 6.17 Å². The summed E-state index contributed by atoms with van der Waals surface area (Å²) >= 11 is 0. The van der Waals surface area contributed by atoms with Crippen molar-refractivity contribution in [3.8, 4) is 0 Å². The van der Waals surface area contributed by atoms with Gasteiger partial charge in [-0.25, -0.2) is 15.0 Å². The molecule has 0 bridgehead atoms. The molecular weight excluding hydrogens is 338 g/mol. The number of aliphatic imine (C=N–C) groups is 2. The molecule has 0 amide bonds. The number of aromatic nitrogens is 1. The SMILES string of the molecule is C=NC1=C(N=CC)N(C)[C@H](C)N1c1c(C)ccc2c1oc1nc(C)ccc12. The van der Waals surface area contributed by atoms with Gasteiger partial charge in [-0.1, -0.05) is 12.1 Å². The average molecular weight is 361 g/mol. The van der Waals surface area contributed by atoms with Crippen LogP contribution in [-0.4, -0.2) is 36.0 Å². The molecule has 27 heavy (non-hydrogen) atoms. The molecule has 3 aromatic rings. The lowest BCUT2D eigenvalue weighted by molar-refractivity contribution is 0.354. The maximum absolute atomic E-state index is 6.23. The van der Waals surface area contributed by atoms with E-state index in [4.69, 9.17) is 4.42 Å². The number of nitrogens with zero attached hydrogens (tertiary/aromatic N) is 5. The lowest BCUT2D eigenvalue weighted by atomic mass is 10.1. The summed E-state index contributed by atoms with van der Waals surface area (Å²) in [5, 5.41) is 2.06. The highest BCUT2D eigenvalue weighted by Gasteiger charge is 2.36. The number of anilines is 1. The Hall–Kier alpha value is -3.15. The zero-order chi connectivity index (χ0) is 19.3. The van der Waals surface area contributed by atoms with E-state index in [2.05, 4.69) is 63.5 Å². The third kappa shape index (κ3) is 2.44. The van der Waals surface area contributed by atoms with E-state index < -0.39 is 0 Å². The van der Waals surface area contributed by atoms with Gasteiger partial charge in [0.05, 0.1) is 5.69 Å². The highest BCUT2D eigenvalue weighted by Crippen LogP contribution is 2.42. The van der Waals surface area contributed by atoms with Crippen molar-refractivity contribution in [2.75, 3.05) is 11.9 Å². The molecule has 0 N–H and O–H groups in total. The van der Waals surface area contributed by atoms with Gasteiger partial charge in [0.2, 0.25) is 5.71 Å². The van der Waals surface area contributed by atoms with E-state index in [9.17, 15) is 0 Å². The predicted molar refractivity (Wildman–Crippen MR) is 111 cm³/mol. The molecule has 0 aliphatic carbocycles. The van der Waals surface area contributed by atoms with Crippen LogP contribution in [0.2, 0.25) is 0 Å². The van der Waals surface area contributed by atoms with Crippen LogP contribution in [-0.2, 0) is 0 Å². The van der Waals surface area contributed by atoms with Crippen LogP contribution in [0.4, 0.5) is 5.69 Å². The molecule has 3 heterocycles. The van der Waals surface area contributed by atoms with Crippen LogP contribution in [0.15, 0.2) is 50.3 Å². The minimum atomic E-state index is 0.0245. The summed E-state index contributed by atoms with van der Waals surface area (Å²) in [6.45, 7) is 11.9. The van der Waals surface area contributed by atoms with Gasteiger partial charge in [0.1, 0.15) is 6.17 Å². The Morgan fingerprint density at radius 1 is 1.15 bits per heavy atom. The molecule has 1 aliphatic heterocycles. The van der Waals surface area contributed by atoms with Crippen LogP contribution in [0.25, 0.3) is 22.1 Å². The van der Waals surface area contributed by atoms with Crippen molar-refractivity contribution in [2.24, 2.45) is 9.98 Å². The minimum Gasteiger partial charge on any atom is -0.435 e. The van der Waals surface area contributed by atoms with Crippen molar-refractivity contribution >= 4 is 40.7 Å². The first kappa shape index (κ1) is 17.3. The average Bonchev–Trinajstić information content (AvgIpc) is 3.11. The molecule has 0 fully saturated rings. The number of hydrogen-bond acceptors (Lipinski definition) is 6. The fourth-order valence-corrected chi connectivity index (χ4v) is 3.70. The Kier molecular flexibility index (Phi) is 3.98. The van der Waals surface area contributed by atoms with Gasteiger partial charge >= 0.3 is 0 Å². The van der Waals surface area contributed by atoms with Crippen molar-refractivity contribution in [1.82, 2.24) is 9.88 Å². The van der Waals surface area contributed by atoms with E-state index >= 15 is 0 Å². The van der Waals surface area contributed by atoms with E-state index in [0.29, 0.717) is 5.71 Å². The highest BCUT2D eigenvalue weighted by atomic mass is 16.3. The van der Waals surface area contributed by atoms with Crippen LogP contribution >= 0.6 is 0 Å². The second-order valence-electron chi connectivity index (χ2n) is 6.82. The normalized spacial score (nSPS) is 17.9. The number of fused-ring (bicyclic) bond motifs is 3. The minimum absolute atomic E-state index is 0.0245. The Labute approximate surface area is 158 Å². The number of furan rings is 1. The Morgan fingerprint density at radius 3 is 2.59 bits per heavy atom. The predicted octanol–water partition coefficient (Wildman–Crippen LogP) is 4.61. The lowest BCUT2D eigenvalue weighted by Gasteiger charge is -2.29. The molecule has 1 atom stereocenters. The van der Waals surface area contributed by atoms with Crippen LogP contribution in [0.3, 0.4) is 0 Å². The van der Waals surface area contributed by atoms with Crippen LogP contribution in [0.5, 0.6) is 0 Å². The fraction of sp³-hybridized carbons (Fsp3) is 0.286. The maximum atomic E-state index is 6.23. The Morgan fingerprint density at radius 2 is 1.89 bits per heavy atom. The second kappa shape index (κ2) is 6.23. The molecule has 2 aromatic heterocycles. The van der Waals surface area contributed by atoms with Crippen LogP contribution < -0.4 is 4.90 Å². The number of hydrogen-bond donors (Lipinski definition) is 0.